The topological polar surface area (TPSA) is 73.8 Å². The maximum Gasteiger partial charge on any atom is 0.316 e. The summed E-state index contributed by atoms with van der Waals surface area (Å²) in [6, 6.07) is 0. The van der Waals surface area contributed by atoms with E-state index < -0.39 is 5.56 Å². The van der Waals surface area contributed by atoms with Crippen molar-refractivity contribution < 1.29 is 0 Å². The second-order valence-electron chi connectivity index (χ2n) is 1.91. The number of hydrogen-bond donors (Lipinski definition) is 1. The van der Waals surface area contributed by atoms with Crippen LogP contribution in [0.1, 0.15) is 0 Å². The zero-order chi connectivity index (χ0) is 8.43. The van der Waals surface area contributed by atoms with Crippen LogP contribution in [0.4, 0.5) is 5.82 Å². The molecule has 2 N–H and O–H groups in total. The Hall–Kier alpha value is -1.04. The van der Waals surface area contributed by atoms with Crippen molar-refractivity contribution in [1.29, 1.82) is 0 Å². The number of aromatic nitrogens is 3. The van der Waals surface area contributed by atoms with Gasteiger partial charge in [-0.1, -0.05) is 11.8 Å². The lowest BCUT2D eigenvalue weighted by atomic mass is 10.7. The summed E-state index contributed by atoms with van der Waals surface area (Å²) in [6.45, 7) is 0. The summed E-state index contributed by atoms with van der Waals surface area (Å²) in [6.07, 6.45) is 1.82. The first-order valence-electron chi connectivity index (χ1n) is 2.90. The van der Waals surface area contributed by atoms with Crippen LogP contribution in [-0.2, 0) is 7.05 Å². The highest BCUT2D eigenvalue weighted by Crippen LogP contribution is 2.05. The Morgan fingerprint density at radius 1 is 1.64 bits per heavy atom. The molecule has 0 aliphatic carbocycles. The van der Waals surface area contributed by atoms with Gasteiger partial charge < -0.3 is 5.73 Å². The normalized spacial score (nSPS) is 10.0. The first-order chi connectivity index (χ1) is 5.15. The van der Waals surface area contributed by atoms with Crippen LogP contribution in [0.5, 0.6) is 0 Å². The Morgan fingerprint density at radius 3 is 2.82 bits per heavy atom. The monoisotopic (exact) mass is 172 g/mol. The predicted octanol–water partition coefficient (Wildman–Crippen LogP) is -0.521. The molecule has 0 saturated carbocycles. The molecular weight excluding hydrogens is 164 g/mol. The van der Waals surface area contributed by atoms with Crippen LogP contribution in [0.25, 0.3) is 0 Å². The first-order valence-corrected chi connectivity index (χ1v) is 4.12. The van der Waals surface area contributed by atoms with E-state index >= 15 is 0 Å². The lowest BCUT2D eigenvalue weighted by molar-refractivity contribution is 0.619. The van der Waals surface area contributed by atoms with Gasteiger partial charge in [0, 0.05) is 7.05 Å². The quantitative estimate of drug-likeness (QED) is 0.577. The van der Waals surface area contributed by atoms with E-state index in [0.29, 0.717) is 5.16 Å². The average molecular weight is 172 g/mol. The SMILES string of the molecule is CSc1nc(=O)c(N)nn1C. The second-order valence-corrected chi connectivity index (χ2v) is 2.69. The summed E-state index contributed by atoms with van der Waals surface area (Å²) >= 11 is 1.35. The Labute approximate surface area is 67.6 Å². The zero-order valence-electron chi connectivity index (χ0n) is 6.24. The van der Waals surface area contributed by atoms with Crippen LogP contribution in [0.15, 0.2) is 9.95 Å². The minimum atomic E-state index is -0.465. The second kappa shape index (κ2) is 2.91. The largest absolute Gasteiger partial charge is 0.378 e. The van der Waals surface area contributed by atoms with Gasteiger partial charge in [-0.05, 0) is 6.26 Å². The number of aryl methyl sites for hydroxylation is 1. The van der Waals surface area contributed by atoms with Gasteiger partial charge in [0.2, 0.25) is 5.82 Å². The Bertz CT molecular complexity index is 321. The Kier molecular flexibility index (Phi) is 2.13. The molecule has 11 heavy (non-hydrogen) atoms. The van der Waals surface area contributed by atoms with Gasteiger partial charge in [0.1, 0.15) is 0 Å². The number of nitrogen functional groups attached to an aromatic ring is 1. The fourth-order valence-electron chi connectivity index (χ4n) is 0.641. The number of hydrogen-bond acceptors (Lipinski definition) is 5. The third-order valence-electron chi connectivity index (χ3n) is 1.13. The molecule has 0 radical (unpaired) electrons. The molecule has 60 valence electrons. The maximum absolute atomic E-state index is 10.8. The average Bonchev–Trinajstić information content (AvgIpc) is 1.97. The van der Waals surface area contributed by atoms with E-state index in [2.05, 4.69) is 10.1 Å². The van der Waals surface area contributed by atoms with Crippen molar-refractivity contribution in [3.05, 3.63) is 10.4 Å². The number of thioether (sulfide) groups is 1. The van der Waals surface area contributed by atoms with Gasteiger partial charge in [0.25, 0.3) is 0 Å². The van der Waals surface area contributed by atoms with E-state index in [9.17, 15) is 4.79 Å². The molecule has 6 heteroatoms. The highest BCUT2D eigenvalue weighted by atomic mass is 32.2. The molecule has 5 nitrogen and oxygen atoms in total. The summed E-state index contributed by atoms with van der Waals surface area (Å²) in [5, 5.41) is 4.30. The number of rotatable bonds is 1. The van der Waals surface area contributed by atoms with Gasteiger partial charge in [-0.15, -0.1) is 5.10 Å². The van der Waals surface area contributed by atoms with Gasteiger partial charge in [-0.3, -0.25) is 4.79 Å². The third-order valence-corrected chi connectivity index (χ3v) is 1.85. The van der Waals surface area contributed by atoms with Gasteiger partial charge in [0.15, 0.2) is 5.16 Å². The van der Waals surface area contributed by atoms with Crippen molar-refractivity contribution >= 4 is 17.6 Å². The smallest absolute Gasteiger partial charge is 0.316 e. The number of nitrogens with two attached hydrogens (primary N) is 1. The van der Waals surface area contributed by atoms with E-state index in [-0.39, 0.29) is 5.82 Å². The van der Waals surface area contributed by atoms with Gasteiger partial charge >= 0.3 is 5.56 Å². The molecule has 0 spiro atoms. The lowest BCUT2D eigenvalue weighted by Gasteiger charge is -2.01. The lowest BCUT2D eigenvalue weighted by Crippen LogP contribution is -2.20. The van der Waals surface area contributed by atoms with Crippen molar-refractivity contribution in [2.24, 2.45) is 7.05 Å². The molecule has 1 aromatic heterocycles. The van der Waals surface area contributed by atoms with E-state index in [1.807, 2.05) is 6.26 Å². The summed E-state index contributed by atoms with van der Waals surface area (Å²) in [5.41, 5.74) is 4.76. The summed E-state index contributed by atoms with van der Waals surface area (Å²) in [5.74, 6) is -0.0645. The minimum Gasteiger partial charge on any atom is -0.378 e. The molecule has 0 fully saturated rings. The maximum atomic E-state index is 10.8. The van der Waals surface area contributed by atoms with Crippen LogP contribution in [0, 0.1) is 0 Å². The molecule has 0 amide bonds. The molecule has 0 saturated heterocycles. The fraction of sp³-hybridized carbons (Fsp3) is 0.400. The van der Waals surface area contributed by atoms with Gasteiger partial charge in [-0.25, -0.2) is 4.68 Å². The Balaban J connectivity index is 3.32. The fourth-order valence-corrected chi connectivity index (χ4v) is 1.12. The van der Waals surface area contributed by atoms with Crippen LogP contribution < -0.4 is 11.3 Å². The van der Waals surface area contributed by atoms with Crippen molar-refractivity contribution in [2.75, 3.05) is 12.0 Å². The van der Waals surface area contributed by atoms with Crippen LogP contribution >= 0.6 is 11.8 Å². The van der Waals surface area contributed by atoms with E-state index in [1.165, 1.54) is 16.4 Å². The van der Waals surface area contributed by atoms with Crippen molar-refractivity contribution in [3.8, 4) is 0 Å². The molecule has 0 atom stereocenters. The van der Waals surface area contributed by atoms with Crippen LogP contribution in [0.2, 0.25) is 0 Å². The van der Waals surface area contributed by atoms with Crippen molar-refractivity contribution in [1.82, 2.24) is 14.8 Å². The van der Waals surface area contributed by atoms with E-state index in [1.54, 1.807) is 7.05 Å². The molecular formula is C5H8N4OS. The van der Waals surface area contributed by atoms with Gasteiger partial charge in [-0.2, -0.15) is 4.98 Å². The molecule has 0 bridgehead atoms. The first kappa shape index (κ1) is 8.06. The zero-order valence-corrected chi connectivity index (χ0v) is 7.05. The molecule has 1 heterocycles. The summed E-state index contributed by atoms with van der Waals surface area (Å²) in [7, 11) is 1.69. The Morgan fingerprint density at radius 2 is 2.27 bits per heavy atom. The molecule has 0 aliphatic rings. The van der Waals surface area contributed by atoms with Crippen molar-refractivity contribution in [3.63, 3.8) is 0 Å². The third kappa shape index (κ3) is 1.51. The molecule has 1 aromatic rings. The van der Waals surface area contributed by atoms with Crippen LogP contribution in [0.3, 0.4) is 0 Å². The molecule has 0 unspecified atom stereocenters. The summed E-state index contributed by atoms with van der Waals surface area (Å²) < 4.78 is 1.47. The number of nitrogens with zero attached hydrogens (tertiary/aromatic N) is 3. The minimum absolute atomic E-state index is 0.0645. The molecule has 0 aliphatic heterocycles. The van der Waals surface area contributed by atoms with E-state index in [4.69, 9.17) is 5.73 Å². The highest BCUT2D eigenvalue weighted by Gasteiger charge is 2.02. The standard InChI is InChI=1S/C5H8N4OS/c1-9-5(11-2)7-4(10)3(6)8-9/h1-2H3,(H2,6,8). The predicted molar refractivity (Wildman–Crippen MR) is 43.5 cm³/mol. The van der Waals surface area contributed by atoms with Crippen molar-refractivity contribution in [2.45, 2.75) is 5.16 Å². The highest BCUT2D eigenvalue weighted by molar-refractivity contribution is 7.98. The van der Waals surface area contributed by atoms with Gasteiger partial charge in [0.05, 0.1) is 0 Å². The van der Waals surface area contributed by atoms with Crippen LogP contribution in [-0.4, -0.2) is 21.0 Å². The molecule has 0 aromatic carbocycles. The summed E-state index contributed by atoms with van der Waals surface area (Å²) in [4.78, 5) is 14.5. The molecule has 1 rings (SSSR count). The number of anilines is 1. The van der Waals surface area contributed by atoms with E-state index in [0.717, 1.165) is 0 Å².